The van der Waals surface area contributed by atoms with Crippen molar-refractivity contribution in [1.82, 2.24) is 19.5 Å². The summed E-state index contributed by atoms with van der Waals surface area (Å²) in [5, 5.41) is 12.6. The van der Waals surface area contributed by atoms with E-state index in [1.54, 1.807) is 30.7 Å². The van der Waals surface area contributed by atoms with Crippen LogP contribution in [0.3, 0.4) is 0 Å². The first-order valence-electron chi connectivity index (χ1n) is 6.52. The molecule has 1 aromatic carbocycles. The highest BCUT2D eigenvalue weighted by Gasteiger charge is 2.06. The van der Waals surface area contributed by atoms with E-state index in [1.807, 2.05) is 10.6 Å². The quantitative estimate of drug-likeness (QED) is 0.708. The molecular formula is C14H14ClN5O. The molecule has 0 fully saturated rings. The zero-order chi connectivity index (χ0) is 14.7. The molecule has 0 radical (unpaired) electrons. The molecule has 0 amide bonds. The van der Waals surface area contributed by atoms with Gasteiger partial charge >= 0.3 is 0 Å². The predicted octanol–water partition coefficient (Wildman–Crippen LogP) is 2.38. The highest BCUT2D eigenvalue weighted by molar-refractivity contribution is 6.17. The molecule has 0 bridgehead atoms. The highest BCUT2D eigenvalue weighted by atomic mass is 35.5. The van der Waals surface area contributed by atoms with Gasteiger partial charge in [0, 0.05) is 19.0 Å². The average molecular weight is 304 g/mol. The Bertz CT molecular complexity index is 758. The number of aryl methyl sites for hydroxylation is 1. The Balaban J connectivity index is 1.79. The van der Waals surface area contributed by atoms with Gasteiger partial charge in [0.25, 0.3) is 0 Å². The first kappa shape index (κ1) is 13.6. The number of aromatic hydroxyl groups is 1. The fourth-order valence-corrected chi connectivity index (χ4v) is 2.22. The van der Waals surface area contributed by atoms with Crippen LogP contribution in [0.15, 0.2) is 36.8 Å². The van der Waals surface area contributed by atoms with Crippen LogP contribution in [0.1, 0.15) is 5.56 Å². The Morgan fingerprint density at radius 1 is 1.29 bits per heavy atom. The number of benzene rings is 1. The van der Waals surface area contributed by atoms with Crippen LogP contribution >= 0.6 is 11.6 Å². The Kier molecular flexibility index (Phi) is 3.87. The van der Waals surface area contributed by atoms with Gasteiger partial charge in [0.2, 0.25) is 5.95 Å². The number of hydrogen-bond donors (Lipinski definition) is 2. The number of hydrogen-bond acceptors (Lipinski definition) is 5. The summed E-state index contributed by atoms with van der Waals surface area (Å²) in [6.45, 7) is 1.19. The monoisotopic (exact) mass is 303 g/mol. The van der Waals surface area contributed by atoms with Crippen LogP contribution in [0.5, 0.6) is 5.75 Å². The molecule has 3 rings (SSSR count). The number of imidazole rings is 1. The van der Waals surface area contributed by atoms with Gasteiger partial charge in [-0.3, -0.25) is 0 Å². The number of phenols is 1. The molecule has 6 nitrogen and oxygen atoms in total. The Morgan fingerprint density at radius 3 is 3.00 bits per heavy atom. The van der Waals surface area contributed by atoms with Crippen molar-refractivity contribution in [3.8, 4) is 5.75 Å². The van der Waals surface area contributed by atoms with E-state index in [9.17, 15) is 5.11 Å². The molecule has 2 heterocycles. The lowest BCUT2D eigenvalue weighted by Crippen LogP contribution is -2.05. The fourth-order valence-electron chi connectivity index (χ4n) is 2.04. The number of fused-ring (bicyclic) bond motifs is 1. The van der Waals surface area contributed by atoms with E-state index in [2.05, 4.69) is 20.3 Å². The van der Waals surface area contributed by atoms with Crippen molar-refractivity contribution in [2.45, 2.75) is 13.1 Å². The molecule has 0 unspecified atom stereocenters. The van der Waals surface area contributed by atoms with E-state index < -0.39 is 0 Å². The number of anilines is 1. The van der Waals surface area contributed by atoms with Gasteiger partial charge in [0.15, 0.2) is 5.65 Å². The molecule has 0 saturated heterocycles. The second-order valence-corrected chi connectivity index (χ2v) is 4.93. The number of alkyl halides is 1. The minimum absolute atomic E-state index is 0.242. The Labute approximate surface area is 126 Å². The summed E-state index contributed by atoms with van der Waals surface area (Å²) in [6, 6.07) is 7.05. The lowest BCUT2D eigenvalue weighted by Gasteiger charge is -2.06. The van der Waals surface area contributed by atoms with Crippen LogP contribution in [-0.2, 0) is 13.1 Å². The first-order valence-corrected chi connectivity index (χ1v) is 7.05. The third kappa shape index (κ3) is 3.05. The van der Waals surface area contributed by atoms with Crippen molar-refractivity contribution in [2.75, 3.05) is 11.2 Å². The van der Waals surface area contributed by atoms with Crippen LogP contribution in [0.4, 0.5) is 5.95 Å². The standard InChI is InChI=1S/C14H14ClN5O/c15-4-5-20-9-18-12-8-17-14(19-13(12)20)16-7-10-2-1-3-11(21)6-10/h1-3,6,8-9,21H,4-5,7H2,(H,16,17,19). The molecule has 0 atom stereocenters. The minimum Gasteiger partial charge on any atom is -0.508 e. The van der Waals surface area contributed by atoms with Crippen LogP contribution in [0.2, 0.25) is 0 Å². The van der Waals surface area contributed by atoms with E-state index >= 15 is 0 Å². The van der Waals surface area contributed by atoms with Crippen molar-refractivity contribution in [3.05, 3.63) is 42.4 Å². The summed E-state index contributed by atoms with van der Waals surface area (Å²) in [4.78, 5) is 12.9. The van der Waals surface area contributed by atoms with Crippen LogP contribution in [0, 0.1) is 0 Å². The van der Waals surface area contributed by atoms with E-state index in [4.69, 9.17) is 11.6 Å². The third-order valence-corrected chi connectivity index (χ3v) is 3.21. The van der Waals surface area contributed by atoms with Crippen molar-refractivity contribution in [2.24, 2.45) is 0 Å². The Hall–Kier alpha value is -2.34. The fraction of sp³-hybridized carbons (Fsp3) is 0.214. The molecule has 0 aliphatic rings. The van der Waals surface area contributed by atoms with Gasteiger partial charge in [0.1, 0.15) is 11.3 Å². The maximum Gasteiger partial charge on any atom is 0.225 e. The zero-order valence-corrected chi connectivity index (χ0v) is 12.0. The van der Waals surface area contributed by atoms with E-state index in [1.165, 1.54) is 0 Å². The smallest absolute Gasteiger partial charge is 0.225 e. The van der Waals surface area contributed by atoms with E-state index in [0.717, 1.165) is 16.7 Å². The number of aromatic nitrogens is 4. The molecule has 21 heavy (non-hydrogen) atoms. The number of rotatable bonds is 5. The van der Waals surface area contributed by atoms with Crippen LogP contribution in [0.25, 0.3) is 11.2 Å². The summed E-state index contributed by atoms with van der Waals surface area (Å²) >= 11 is 5.76. The van der Waals surface area contributed by atoms with Gasteiger partial charge in [-0.15, -0.1) is 11.6 Å². The van der Waals surface area contributed by atoms with E-state index in [0.29, 0.717) is 24.9 Å². The number of nitrogens with one attached hydrogen (secondary N) is 1. The summed E-state index contributed by atoms with van der Waals surface area (Å²) in [5.41, 5.74) is 2.44. The molecule has 108 valence electrons. The number of phenolic OH excluding ortho intramolecular Hbond substituents is 1. The molecule has 3 aromatic rings. The SMILES string of the molecule is Oc1cccc(CNc2ncc3ncn(CCCl)c3n2)c1. The third-order valence-electron chi connectivity index (χ3n) is 3.04. The summed E-state index contributed by atoms with van der Waals surface area (Å²) in [6.07, 6.45) is 3.39. The molecular weight excluding hydrogens is 290 g/mol. The van der Waals surface area contributed by atoms with Gasteiger partial charge in [-0.1, -0.05) is 12.1 Å². The molecule has 0 saturated carbocycles. The van der Waals surface area contributed by atoms with Crippen molar-refractivity contribution < 1.29 is 5.11 Å². The maximum atomic E-state index is 9.44. The van der Waals surface area contributed by atoms with Crippen molar-refractivity contribution in [1.29, 1.82) is 0 Å². The van der Waals surface area contributed by atoms with Crippen molar-refractivity contribution in [3.63, 3.8) is 0 Å². The second-order valence-electron chi connectivity index (χ2n) is 4.55. The summed E-state index contributed by atoms with van der Waals surface area (Å²) < 4.78 is 1.89. The van der Waals surface area contributed by atoms with Crippen LogP contribution in [-0.4, -0.2) is 30.5 Å². The van der Waals surface area contributed by atoms with Crippen LogP contribution < -0.4 is 5.32 Å². The zero-order valence-electron chi connectivity index (χ0n) is 11.2. The second kappa shape index (κ2) is 5.97. The topological polar surface area (TPSA) is 75.9 Å². The predicted molar refractivity (Wildman–Crippen MR) is 81.5 cm³/mol. The Morgan fingerprint density at radius 2 is 2.19 bits per heavy atom. The van der Waals surface area contributed by atoms with Gasteiger partial charge in [-0.25, -0.2) is 9.97 Å². The molecule has 2 N–H and O–H groups in total. The normalized spacial score (nSPS) is 10.9. The molecule has 2 aromatic heterocycles. The maximum absolute atomic E-state index is 9.44. The minimum atomic E-state index is 0.242. The van der Waals surface area contributed by atoms with E-state index in [-0.39, 0.29) is 5.75 Å². The van der Waals surface area contributed by atoms with Gasteiger partial charge in [-0.05, 0) is 17.7 Å². The lowest BCUT2D eigenvalue weighted by atomic mass is 10.2. The average Bonchev–Trinajstić information content (AvgIpc) is 2.88. The summed E-state index contributed by atoms with van der Waals surface area (Å²) in [7, 11) is 0. The molecule has 0 spiro atoms. The molecule has 7 heteroatoms. The first-order chi connectivity index (χ1) is 10.3. The van der Waals surface area contributed by atoms with Crippen molar-refractivity contribution >= 4 is 28.7 Å². The number of nitrogens with zero attached hydrogens (tertiary/aromatic N) is 4. The molecule has 0 aliphatic carbocycles. The largest absolute Gasteiger partial charge is 0.508 e. The molecule has 0 aliphatic heterocycles. The lowest BCUT2D eigenvalue weighted by molar-refractivity contribution is 0.474. The highest BCUT2D eigenvalue weighted by Crippen LogP contribution is 2.14. The van der Waals surface area contributed by atoms with Gasteiger partial charge in [0.05, 0.1) is 12.5 Å². The number of halogens is 1. The van der Waals surface area contributed by atoms with Gasteiger partial charge in [-0.2, -0.15) is 4.98 Å². The summed E-state index contributed by atoms with van der Waals surface area (Å²) in [5.74, 6) is 1.26. The van der Waals surface area contributed by atoms with Gasteiger partial charge < -0.3 is 15.0 Å².